The number of non-ortho nitro benzene ring substituents is 1. The van der Waals surface area contributed by atoms with Gasteiger partial charge in [-0.1, -0.05) is 11.6 Å². The Bertz CT molecular complexity index is 901. The summed E-state index contributed by atoms with van der Waals surface area (Å²) in [7, 11) is 0. The van der Waals surface area contributed by atoms with E-state index in [1.165, 1.54) is 24.3 Å². The minimum absolute atomic E-state index is 0.0830. The summed E-state index contributed by atoms with van der Waals surface area (Å²) in [5, 5.41) is 14.1. The molecule has 0 spiro atoms. The van der Waals surface area contributed by atoms with E-state index < -0.39 is 22.4 Å². The molecule has 9 heteroatoms. The van der Waals surface area contributed by atoms with E-state index in [0.29, 0.717) is 29.4 Å². The number of nitro groups is 1. The summed E-state index contributed by atoms with van der Waals surface area (Å²) in [6.07, 6.45) is 0.456. The van der Waals surface area contributed by atoms with Crippen molar-refractivity contribution in [1.29, 1.82) is 0 Å². The lowest BCUT2D eigenvalue weighted by atomic mass is 9.92. The first-order valence-electron chi connectivity index (χ1n) is 8.58. The van der Waals surface area contributed by atoms with Crippen LogP contribution in [-0.4, -0.2) is 34.9 Å². The number of rotatable bonds is 7. The number of halogens is 1. The molecular formula is C19H18ClN3O5. The Balaban J connectivity index is 1.60. The fourth-order valence-electron chi connectivity index (χ4n) is 2.96. The van der Waals surface area contributed by atoms with Gasteiger partial charge in [0, 0.05) is 23.7 Å². The molecule has 3 amide bonds. The lowest BCUT2D eigenvalue weighted by Crippen LogP contribution is -2.41. The largest absolute Gasteiger partial charge is 0.494 e. The molecule has 1 heterocycles. The lowest BCUT2D eigenvalue weighted by Gasteiger charge is -2.22. The van der Waals surface area contributed by atoms with Crippen LogP contribution >= 0.6 is 11.6 Å². The van der Waals surface area contributed by atoms with Crippen LogP contribution < -0.4 is 10.1 Å². The number of amides is 3. The van der Waals surface area contributed by atoms with Gasteiger partial charge in [0.05, 0.1) is 11.5 Å². The Morgan fingerprint density at radius 1 is 1.14 bits per heavy atom. The summed E-state index contributed by atoms with van der Waals surface area (Å²) in [4.78, 5) is 36.5. The second-order valence-corrected chi connectivity index (χ2v) is 6.91. The van der Waals surface area contributed by atoms with E-state index in [1.807, 2.05) is 0 Å². The number of carbonyl (C=O) groups excluding carboxylic acids is 2. The molecule has 146 valence electrons. The van der Waals surface area contributed by atoms with Gasteiger partial charge in [-0.3, -0.25) is 19.8 Å². The first kappa shape index (κ1) is 19.6. The summed E-state index contributed by atoms with van der Waals surface area (Å²) in [5.41, 5.74) is -0.861. The van der Waals surface area contributed by atoms with Crippen LogP contribution in [0.4, 0.5) is 10.5 Å². The maximum Gasteiger partial charge on any atom is 0.325 e. The molecule has 0 saturated carbocycles. The van der Waals surface area contributed by atoms with Crippen molar-refractivity contribution in [2.75, 3.05) is 13.2 Å². The predicted molar refractivity (Wildman–Crippen MR) is 102 cm³/mol. The highest BCUT2D eigenvalue weighted by Crippen LogP contribution is 2.30. The zero-order valence-corrected chi connectivity index (χ0v) is 15.8. The van der Waals surface area contributed by atoms with E-state index in [4.69, 9.17) is 16.3 Å². The van der Waals surface area contributed by atoms with Crippen molar-refractivity contribution in [2.45, 2.75) is 18.9 Å². The molecule has 1 aliphatic heterocycles. The van der Waals surface area contributed by atoms with Gasteiger partial charge in [0.1, 0.15) is 11.3 Å². The van der Waals surface area contributed by atoms with Crippen LogP contribution in [0.3, 0.4) is 0 Å². The highest BCUT2D eigenvalue weighted by atomic mass is 35.5. The van der Waals surface area contributed by atoms with Crippen LogP contribution in [0.15, 0.2) is 48.5 Å². The maximum atomic E-state index is 12.8. The molecule has 0 bridgehead atoms. The summed E-state index contributed by atoms with van der Waals surface area (Å²) < 4.78 is 5.57. The monoisotopic (exact) mass is 403 g/mol. The van der Waals surface area contributed by atoms with Crippen molar-refractivity contribution in [1.82, 2.24) is 10.2 Å². The van der Waals surface area contributed by atoms with Gasteiger partial charge < -0.3 is 10.1 Å². The minimum atomic E-state index is -1.26. The van der Waals surface area contributed by atoms with Crippen molar-refractivity contribution in [3.63, 3.8) is 0 Å². The molecule has 8 nitrogen and oxygen atoms in total. The molecule has 1 N–H and O–H groups in total. The fourth-order valence-corrected chi connectivity index (χ4v) is 3.08. The van der Waals surface area contributed by atoms with Gasteiger partial charge in [-0.05, 0) is 55.3 Å². The Morgan fingerprint density at radius 3 is 2.39 bits per heavy atom. The fraction of sp³-hybridized carbons (Fsp3) is 0.263. The molecule has 0 aliphatic carbocycles. The predicted octanol–water partition coefficient (Wildman–Crippen LogP) is 3.48. The number of benzene rings is 2. The summed E-state index contributed by atoms with van der Waals surface area (Å²) >= 11 is 5.82. The van der Waals surface area contributed by atoms with E-state index in [9.17, 15) is 19.7 Å². The average molecular weight is 404 g/mol. The normalized spacial score (nSPS) is 18.9. The van der Waals surface area contributed by atoms with Crippen LogP contribution in [0.2, 0.25) is 5.02 Å². The lowest BCUT2D eigenvalue weighted by molar-refractivity contribution is -0.384. The molecule has 2 aromatic carbocycles. The Labute approximate surface area is 166 Å². The molecule has 1 unspecified atom stereocenters. The standard InChI is InChI=1S/C19H18ClN3O5/c1-19(13-3-7-15(8-4-13)23(26)27)17(24)22(18(25)21-19)11-2-12-28-16-9-5-14(20)6-10-16/h3-10H,2,11-12H2,1H3,(H,21,25). The number of nitrogens with one attached hydrogen (secondary N) is 1. The molecule has 1 atom stereocenters. The van der Waals surface area contributed by atoms with Gasteiger partial charge in [-0.2, -0.15) is 0 Å². The van der Waals surface area contributed by atoms with E-state index in [2.05, 4.69) is 5.32 Å². The van der Waals surface area contributed by atoms with Gasteiger partial charge >= 0.3 is 6.03 Å². The number of carbonyl (C=O) groups is 2. The third-order valence-electron chi connectivity index (χ3n) is 4.54. The van der Waals surface area contributed by atoms with Crippen molar-refractivity contribution in [3.8, 4) is 5.75 Å². The summed E-state index contributed by atoms with van der Waals surface area (Å²) in [6, 6.07) is 12.0. The molecule has 1 saturated heterocycles. The number of nitrogens with zero attached hydrogens (tertiary/aromatic N) is 2. The number of urea groups is 1. The topological polar surface area (TPSA) is 102 Å². The average Bonchev–Trinajstić information content (AvgIpc) is 2.90. The number of hydrogen-bond acceptors (Lipinski definition) is 5. The number of ether oxygens (including phenoxy) is 1. The molecule has 0 aromatic heterocycles. The first-order valence-corrected chi connectivity index (χ1v) is 8.96. The van der Waals surface area contributed by atoms with Gasteiger partial charge in [0.15, 0.2) is 0 Å². The molecule has 2 aromatic rings. The molecule has 3 rings (SSSR count). The second-order valence-electron chi connectivity index (χ2n) is 6.47. The third-order valence-corrected chi connectivity index (χ3v) is 4.79. The van der Waals surface area contributed by atoms with Crippen molar-refractivity contribution >= 4 is 29.2 Å². The molecule has 1 fully saturated rings. The molecule has 0 radical (unpaired) electrons. The van der Waals surface area contributed by atoms with Crippen molar-refractivity contribution in [3.05, 3.63) is 69.2 Å². The van der Waals surface area contributed by atoms with Crippen LogP contribution in [-0.2, 0) is 10.3 Å². The SMILES string of the molecule is CC1(c2ccc([N+](=O)[O-])cc2)NC(=O)N(CCCOc2ccc(Cl)cc2)C1=O. The molecule has 1 aliphatic rings. The van der Waals surface area contributed by atoms with Crippen LogP contribution in [0.1, 0.15) is 18.9 Å². The Hall–Kier alpha value is -3.13. The highest BCUT2D eigenvalue weighted by molar-refractivity contribution is 6.30. The van der Waals surface area contributed by atoms with Gasteiger partial charge in [-0.25, -0.2) is 4.79 Å². The summed E-state index contributed by atoms with van der Waals surface area (Å²) in [6.45, 7) is 2.10. The quantitative estimate of drug-likeness (QED) is 0.330. The number of imide groups is 1. The van der Waals surface area contributed by atoms with Crippen LogP contribution in [0.5, 0.6) is 5.75 Å². The first-order chi connectivity index (χ1) is 13.3. The van der Waals surface area contributed by atoms with E-state index in [-0.39, 0.29) is 12.2 Å². The summed E-state index contributed by atoms with van der Waals surface area (Å²) in [5.74, 6) is 0.246. The minimum Gasteiger partial charge on any atom is -0.494 e. The number of nitro benzene ring substituents is 1. The zero-order chi connectivity index (χ0) is 20.3. The second kappa shape index (κ2) is 7.85. The van der Waals surface area contributed by atoms with E-state index in [1.54, 1.807) is 31.2 Å². The smallest absolute Gasteiger partial charge is 0.325 e. The van der Waals surface area contributed by atoms with Gasteiger partial charge in [-0.15, -0.1) is 0 Å². The van der Waals surface area contributed by atoms with E-state index in [0.717, 1.165) is 4.90 Å². The van der Waals surface area contributed by atoms with E-state index >= 15 is 0 Å². The van der Waals surface area contributed by atoms with Crippen molar-refractivity contribution in [2.24, 2.45) is 0 Å². The Morgan fingerprint density at radius 2 is 1.79 bits per heavy atom. The zero-order valence-electron chi connectivity index (χ0n) is 15.1. The van der Waals surface area contributed by atoms with Crippen molar-refractivity contribution < 1.29 is 19.2 Å². The third kappa shape index (κ3) is 3.91. The van der Waals surface area contributed by atoms with Gasteiger partial charge in [0.25, 0.3) is 11.6 Å². The molecule has 28 heavy (non-hydrogen) atoms. The highest BCUT2D eigenvalue weighted by Gasteiger charge is 2.48. The van der Waals surface area contributed by atoms with Gasteiger partial charge in [0.2, 0.25) is 0 Å². The Kier molecular flexibility index (Phi) is 5.51. The molecular weight excluding hydrogens is 386 g/mol. The maximum absolute atomic E-state index is 12.8. The van der Waals surface area contributed by atoms with Crippen LogP contribution in [0, 0.1) is 10.1 Å². The van der Waals surface area contributed by atoms with Crippen LogP contribution in [0.25, 0.3) is 0 Å². The number of hydrogen-bond donors (Lipinski definition) is 1.